The van der Waals surface area contributed by atoms with Crippen molar-refractivity contribution in [2.75, 3.05) is 0 Å². The summed E-state index contributed by atoms with van der Waals surface area (Å²) in [6.07, 6.45) is 3.03. The van der Waals surface area contributed by atoms with E-state index < -0.39 is 0 Å². The lowest BCUT2D eigenvalue weighted by Crippen LogP contribution is -2.15. The molecule has 0 spiro atoms. The number of carbonyl (C=O) groups excluding carboxylic acids is 1. The fraction of sp³-hybridized carbons (Fsp3) is 0.545. The van der Waals surface area contributed by atoms with Crippen LogP contribution < -0.4 is 5.32 Å². The molecule has 0 bridgehead atoms. The van der Waals surface area contributed by atoms with Gasteiger partial charge in [0.05, 0.1) is 4.91 Å². The summed E-state index contributed by atoms with van der Waals surface area (Å²) in [7, 11) is 0. The molecule has 1 amide bonds. The van der Waals surface area contributed by atoms with Gasteiger partial charge in [-0.05, 0) is 6.08 Å². The molecule has 80 valence electrons. The van der Waals surface area contributed by atoms with Gasteiger partial charge in [-0.15, -0.1) is 11.8 Å². The third-order valence-corrected chi connectivity index (χ3v) is 2.19. The molecule has 0 radical (unpaired) electrons. The Bertz CT molecular complexity index is 244. The van der Waals surface area contributed by atoms with Gasteiger partial charge in [0, 0.05) is 10.9 Å². The molecule has 3 heteroatoms. The summed E-state index contributed by atoms with van der Waals surface area (Å²) in [4.78, 5) is 11.8. The predicted molar refractivity (Wildman–Crippen MR) is 64.1 cm³/mol. The topological polar surface area (TPSA) is 29.1 Å². The molecule has 14 heavy (non-hydrogen) atoms. The van der Waals surface area contributed by atoms with Gasteiger partial charge in [0.25, 0.3) is 5.91 Å². The summed E-state index contributed by atoms with van der Waals surface area (Å²) in [5.74, 6) is -0.0197. The van der Waals surface area contributed by atoms with Crippen molar-refractivity contribution in [3.63, 3.8) is 0 Å². The van der Waals surface area contributed by atoms with Crippen molar-refractivity contribution in [2.24, 2.45) is 0 Å². The molecule has 0 saturated heterocycles. The lowest BCUT2D eigenvalue weighted by atomic mass is 10.5. The van der Waals surface area contributed by atoms with E-state index in [0.717, 1.165) is 4.91 Å². The fourth-order valence-corrected chi connectivity index (χ4v) is 1.69. The third kappa shape index (κ3) is 5.12. The molecular weight excluding hydrogens is 194 g/mol. The first kappa shape index (κ1) is 13.3. The molecule has 1 aliphatic rings. The van der Waals surface area contributed by atoms with Gasteiger partial charge in [-0.25, -0.2) is 0 Å². The molecule has 1 rings (SSSR count). The van der Waals surface area contributed by atoms with Crippen LogP contribution in [0.25, 0.3) is 0 Å². The van der Waals surface area contributed by atoms with Crippen LogP contribution in [0, 0.1) is 0 Å². The lowest BCUT2D eigenvalue weighted by Gasteiger charge is -2.01. The van der Waals surface area contributed by atoms with Crippen molar-refractivity contribution >= 4 is 17.7 Å². The van der Waals surface area contributed by atoms with E-state index in [1.165, 1.54) is 6.42 Å². The fourth-order valence-electron chi connectivity index (χ4n) is 0.809. The van der Waals surface area contributed by atoms with Gasteiger partial charge in [0.15, 0.2) is 0 Å². The van der Waals surface area contributed by atoms with Gasteiger partial charge >= 0.3 is 0 Å². The van der Waals surface area contributed by atoms with Gasteiger partial charge in [-0.3, -0.25) is 4.79 Å². The molecule has 1 aliphatic heterocycles. The lowest BCUT2D eigenvalue weighted by molar-refractivity contribution is -0.115. The van der Waals surface area contributed by atoms with Gasteiger partial charge in [0.2, 0.25) is 0 Å². The van der Waals surface area contributed by atoms with Crippen LogP contribution in [0.15, 0.2) is 23.3 Å². The maximum absolute atomic E-state index is 11.1. The van der Waals surface area contributed by atoms with Gasteiger partial charge < -0.3 is 5.32 Å². The second kappa shape index (κ2) is 6.71. The third-order valence-electron chi connectivity index (χ3n) is 1.17. The number of amides is 1. The number of allylic oxidation sites excluding steroid dienone is 1. The van der Waals surface area contributed by atoms with Gasteiger partial charge in [-0.2, -0.15) is 0 Å². The standard InChI is InChI=1S/C8H11NOS.C3H8/c1-5(2)11-7-4-6(3)9-8(7)10;1-3-2/h4-5H,3H2,1-2H3,(H,9,10);3H2,1-2H3. The number of hydrogen-bond donors (Lipinski definition) is 1. The normalized spacial score (nSPS) is 14.8. The number of thioether (sulfide) groups is 1. The molecule has 0 fully saturated rings. The van der Waals surface area contributed by atoms with Gasteiger partial charge in [0.1, 0.15) is 0 Å². The Morgan fingerprint density at radius 3 is 2.29 bits per heavy atom. The zero-order chi connectivity index (χ0) is 11.1. The predicted octanol–water partition coefficient (Wildman–Crippen LogP) is 3.07. The molecule has 2 nitrogen and oxygen atoms in total. The molecule has 0 saturated carbocycles. The first-order valence-corrected chi connectivity index (χ1v) is 5.77. The van der Waals surface area contributed by atoms with Crippen molar-refractivity contribution in [3.8, 4) is 0 Å². The van der Waals surface area contributed by atoms with Crippen LogP contribution in [0.2, 0.25) is 0 Å². The molecule has 1 heterocycles. The quantitative estimate of drug-likeness (QED) is 0.763. The Balaban J connectivity index is 0.000000500. The average molecular weight is 213 g/mol. The molecule has 0 aromatic heterocycles. The Morgan fingerprint density at radius 1 is 1.50 bits per heavy atom. The molecule has 0 aromatic carbocycles. The Kier molecular flexibility index (Phi) is 6.37. The average Bonchev–Trinajstić information content (AvgIpc) is 2.30. The summed E-state index contributed by atoms with van der Waals surface area (Å²) < 4.78 is 0. The number of hydrogen-bond acceptors (Lipinski definition) is 2. The van der Waals surface area contributed by atoms with Crippen molar-refractivity contribution in [2.45, 2.75) is 39.4 Å². The summed E-state index contributed by atoms with van der Waals surface area (Å²) in [5.41, 5.74) is 0.693. The van der Waals surface area contributed by atoms with E-state index in [1.807, 2.05) is 0 Å². The number of carbonyl (C=O) groups is 1. The highest BCUT2D eigenvalue weighted by Gasteiger charge is 2.17. The number of nitrogens with one attached hydrogen (secondary N) is 1. The van der Waals surface area contributed by atoms with Crippen LogP contribution in [0.3, 0.4) is 0 Å². The van der Waals surface area contributed by atoms with Crippen LogP contribution in [-0.2, 0) is 4.79 Å². The molecule has 0 unspecified atom stereocenters. The monoisotopic (exact) mass is 213 g/mol. The molecule has 0 atom stereocenters. The SMILES string of the molecule is C=C1C=C(SC(C)C)C(=O)N1.CCC. The molecular formula is C11H19NOS. The van der Waals surface area contributed by atoms with E-state index in [2.05, 4.69) is 39.6 Å². The smallest absolute Gasteiger partial charge is 0.262 e. The van der Waals surface area contributed by atoms with E-state index >= 15 is 0 Å². The first-order chi connectivity index (χ1) is 6.51. The van der Waals surface area contributed by atoms with E-state index in [4.69, 9.17) is 0 Å². The van der Waals surface area contributed by atoms with Crippen molar-refractivity contribution in [1.82, 2.24) is 5.32 Å². The second-order valence-corrected chi connectivity index (χ2v) is 4.98. The van der Waals surface area contributed by atoms with E-state index in [9.17, 15) is 4.79 Å². The Hall–Kier alpha value is -0.700. The largest absolute Gasteiger partial charge is 0.322 e. The Morgan fingerprint density at radius 2 is 2.00 bits per heavy atom. The summed E-state index contributed by atoms with van der Waals surface area (Å²) in [6, 6.07) is 0. The minimum atomic E-state index is -0.0197. The molecule has 1 N–H and O–H groups in total. The zero-order valence-corrected chi connectivity index (χ0v) is 10.2. The highest BCUT2D eigenvalue weighted by Crippen LogP contribution is 2.25. The van der Waals surface area contributed by atoms with Crippen LogP contribution >= 0.6 is 11.8 Å². The summed E-state index contributed by atoms with van der Waals surface area (Å²) >= 11 is 1.56. The molecule has 0 aromatic rings. The van der Waals surface area contributed by atoms with Crippen LogP contribution in [0.4, 0.5) is 0 Å². The minimum Gasteiger partial charge on any atom is -0.322 e. The minimum absolute atomic E-state index is 0.0197. The summed E-state index contributed by atoms with van der Waals surface area (Å²) in [6.45, 7) is 12.0. The maximum atomic E-state index is 11.1. The number of rotatable bonds is 2. The highest BCUT2D eigenvalue weighted by molar-refractivity contribution is 8.04. The second-order valence-electron chi connectivity index (χ2n) is 3.36. The Labute approximate surface area is 90.8 Å². The van der Waals surface area contributed by atoms with Crippen molar-refractivity contribution in [1.29, 1.82) is 0 Å². The van der Waals surface area contributed by atoms with Crippen LogP contribution in [0.5, 0.6) is 0 Å². The summed E-state index contributed by atoms with van der Waals surface area (Å²) in [5, 5.41) is 3.07. The van der Waals surface area contributed by atoms with Crippen molar-refractivity contribution in [3.05, 3.63) is 23.3 Å². The van der Waals surface area contributed by atoms with Crippen LogP contribution in [-0.4, -0.2) is 11.2 Å². The highest BCUT2D eigenvalue weighted by atomic mass is 32.2. The van der Waals surface area contributed by atoms with Crippen molar-refractivity contribution < 1.29 is 4.79 Å². The molecule has 0 aliphatic carbocycles. The first-order valence-electron chi connectivity index (χ1n) is 4.89. The van der Waals surface area contributed by atoms with Gasteiger partial charge in [-0.1, -0.05) is 40.7 Å². The van der Waals surface area contributed by atoms with E-state index in [1.54, 1.807) is 17.8 Å². The van der Waals surface area contributed by atoms with E-state index in [0.29, 0.717) is 10.9 Å². The zero-order valence-electron chi connectivity index (χ0n) is 9.39. The maximum Gasteiger partial charge on any atom is 0.262 e. The van der Waals surface area contributed by atoms with E-state index in [-0.39, 0.29) is 5.91 Å². The van der Waals surface area contributed by atoms with Crippen LogP contribution in [0.1, 0.15) is 34.1 Å².